The molecule has 1 aliphatic heterocycles. The van der Waals surface area contributed by atoms with Gasteiger partial charge in [0.25, 0.3) is 0 Å². The van der Waals surface area contributed by atoms with Crippen LogP contribution in [0, 0.1) is 6.92 Å². The van der Waals surface area contributed by atoms with E-state index in [1.165, 1.54) is 0 Å². The molecule has 1 aliphatic rings. The number of amides is 1. The lowest BCUT2D eigenvalue weighted by Gasteiger charge is -2.12. The van der Waals surface area contributed by atoms with E-state index < -0.39 is 0 Å². The highest BCUT2D eigenvalue weighted by Crippen LogP contribution is 2.19. The number of rotatable bonds is 5. The molecule has 1 aromatic rings. The van der Waals surface area contributed by atoms with Crippen LogP contribution in [0.1, 0.15) is 18.1 Å². The van der Waals surface area contributed by atoms with E-state index in [9.17, 15) is 4.79 Å². The van der Waals surface area contributed by atoms with Crippen molar-refractivity contribution in [2.75, 3.05) is 18.2 Å². The molecule has 19 heavy (non-hydrogen) atoms. The highest BCUT2D eigenvalue weighted by Gasteiger charge is 2.21. The second kappa shape index (κ2) is 6.82. The quantitative estimate of drug-likeness (QED) is 0.861. The van der Waals surface area contributed by atoms with Gasteiger partial charge < -0.3 is 10.1 Å². The molecule has 0 aromatic heterocycles. The summed E-state index contributed by atoms with van der Waals surface area (Å²) >= 11 is 1.75. The third kappa shape index (κ3) is 3.88. The molecule has 1 atom stereocenters. The van der Waals surface area contributed by atoms with E-state index in [0.29, 0.717) is 13.2 Å². The first-order valence-electron chi connectivity index (χ1n) is 6.52. The summed E-state index contributed by atoms with van der Waals surface area (Å²) < 4.78 is 5.50. The summed E-state index contributed by atoms with van der Waals surface area (Å²) in [5.41, 5.74) is 2.20. The molecule has 1 saturated heterocycles. The molecule has 0 radical (unpaired) electrons. The Kier molecular flexibility index (Phi) is 5.10. The molecule has 2 rings (SSSR count). The molecule has 1 fully saturated rings. The van der Waals surface area contributed by atoms with Crippen LogP contribution < -0.4 is 15.4 Å². The molecule has 0 bridgehead atoms. The Morgan fingerprint density at radius 1 is 1.58 bits per heavy atom. The average Bonchev–Trinajstić information content (AvgIpc) is 2.93. The summed E-state index contributed by atoms with van der Waals surface area (Å²) in [5.74, 6) is 2.71. The predicted octanol–water partition coefficient (Wildman–Crippen LogP) is 1.67. The maximum atomic E-state index is 11.9. The van der Waals surface area contributed by atoms with Crippen molar-refractivity contribution < 1.29 is 9.53 Å². The molecule has 0 saturated carbocycles. The molecule has 5 heteroatoms. The molecular formula is C14H20N2O2S. The van der Waals surface area contributed by atoms with Crippen molar-refractivity contribution >= 4 is 17.7 Å². The highest BCUT2D eigenvalue weighted by atomic mass is 32.2. The number of hydrogen-bond donors (Lipinski definition) is 2. The Bertz CT molecular complexity index is 445. The van der Waals surface area contributed by atoms with Crippen LogP contribution in [0.2, 0.25) is 0 Å². The maximum Gasteiger partial charge on any atom is 0.238 e. The van der Waals surface area contributed by atoms with Gasteiger partial charge >= 0.3 is 0 Å². The van der Waals surface area contributed by atoms with Crippen molar-refractivity contribution in [3.05, 3.63) is 29.3 Å². The van der Waals surface area contributed by atoms with Gasteiger partial charge in [-0.3, -0.25) is 10.1 Å². The minimum Gasteiger partial charge on any atom is -0.494 e. The standard InChI is InChI=1S/C14H20N2O2S/c1-3-18-13-5-4-11(6-10(13)2)7-15-14(17)12-8-19-9-16-12/h4-6,12,16H,3,7-9H2,1-2H3,(H,15,17). The maximum absolute atomic E-state index is 11.9. The Hall–Kier alpha value is -1.20. The first kappa shape index (κ1) is 14.2. The van der Waals surface area contributed by atoms with E-state index >= 15 is 0 Å². The van der Waals surface area contributed by atoms with Gasteiger partial charge in [-0.25, -0.2) is 0 Å². The van der Waals surface area contributed by atoms with E-state index in [4.69, 9.17) is 4.74 Å². The predicted molar refractivity (Wildman–Crippen MR) is 78.4 cm³/mol. The number of thioether (sulfide) groups is 1. The van der Waals surface area contributed by atoms with Gasteiger partial charge in [-0.1, -0.05) is 12.1 Å². The summed E-state index contributed by atoms with van der Waals surface area (Å²) in [6.45, 7) is 5.22. The Morgan fingerprint density at radius 2 is 2.42 bits per heavy atom. The van der Waals surface area contributed by atoms with Gasteiger partial charge in [-0.15, -0.1) is 11.8 Å². The van der Waals surface area contributed by atoms with Crippen LogP contribution in [-0.4, -0.2) is 30.2 Å². The fourth-order valence-corrected chi connectivity index (χ4v) is 2.96. The SMILES string of the molecule is CCOc1ccc(CNC(=O)C2CSCN2)cc1C. The number of carbonyl (C=O) groups excluding carboxylic acids is 1. The zero-order valence-corrected chi connectivity index (χ0v) is 12.2. The van der Waals surface area contributed by atoms with Gasteiger partial charge in [0.1, 0.15) is 5.75 Å². The van der Waals surface area contributed by atoms with Gasteiger partial charge in [0.15, 0.2) is 0 Å². The summed E-state index contributed by atoms with van der Waals surface area (Å²) in [6.07, 6.45) is 0. The lowest BCUT2D eigenvalue weighted by molar-refractivity contribution is -0.122. The lowest BCUT2D eigenvalue weighted by Crippen LogP contribution is -2.41. The van der Waals surface area contributed by atoms with Crippen molar-refractivity contribution in [3.63, 3.8) is 0 Å². The number of benzene rings is 1. The monoisotopic (exact) mass is 280 g/mol. The summed E-state index contributed by atoms with van der Waals surface area (Å²) in [6, 6.07) is 5.97. The third-order valence-corrected chi connectivity index (χ3v) is 3.98. The number of carbonyl (C=O) groups is 1. The highest BCUT2D eigenvalue weighted by molar-refractivity contribution is 7.99. The van der Waals surface area contributed by atoms with Crippen LogP contribution in [-0.2, 0) is 11.3 Å². The second-order valence-corrected chi connectivity index (χ2v) is 5.55. The molecular weight excluding hydrogens is 260 g/mol. The van der Waals surface area contributed by atoms with Crippen LogP contribution in [0.4, 0.5) is 0 Å². The topological polar surface area (TPSA) is 50.4 Å². The van der Waals surface area contributed by atoms with Crippen LogP contribution >= 0.6 is 11.8 Å². The number of ether oxygens (including phenoxy) is 1. The van der Waals surface area contributed by atoms with Gasteiger partial charge in [-0.2, -0.15) is 0 Å². The first-order chi connectivity index (χ1) is 9.20. The molecule has 1 aromatic carbocycles. The first-order valence-corrected chi connectivity index (χ1v) is 7.67. The number of hydrogen-bond acceptors (Lipinski definition) is 4. The zero-order valence-electron chi connectivity index (χ0n) is 11.4. The molecule has 2 N–H and O–H groups in total. The van der Waals surface area contributed by atoms with Crippen LogP contribution in [0.25, 0.3) is 0 Å². The second-order valence-electron chi connectivity index (χ2n) is 4.52. The largest absolute Gasteiger partial charge is 0.494 e. The zero-order chi connectivity index (χ0) is 13.7. The van der Waals surface area contributed by atoms with Crippen molar-refractivity contribution in [3.8, 4) is 5.75 Å². The van der Waals surface area contributed by atoms with E-state index in [2.05, 4.69) is 16.7 Å². The van der Waals surface area contributed by atoms with E-state index in [0.717, 1.165) is 28.5 Å². The van der Waals surface area contributed by atoms with Crippen molar-refractivity contribution in [1.82, 2.24) is 10.6 Å². The van der Waals surface area contributed by atoms with E-state index in [1.807, 2.05) is 26.0 Å². The summed E-state index contributed by atoms with van der Waals surface area (Å²) in [4.78, 5) is 11.9. The molecule has 104 valence electrons. The Balaban J connectivity index is 1.88. The van der Waals surface area contributed by atoms with Crippen LogP contribution in [0.3, 0.4) is 0 Å². The molecule has 1 amide bonds. The minimum absolute atomic E-state index is 0.0474. The van der Waals surface area contributed by atoms with Gasteiger partial charge in [0, 0.05) is 18.2 Å². The van der Waals surface area contributed by atoms with E-state index in [-0.39, 0.29) is 11.9 Å². The van der Waals surface area contributed by atoms with Crippen LogP contribution in [0.15, 0.2) is 18.2 Å². The van der Waals surface area contributed by atoms with E-state index in [1.54, 1.807) is 11.8 Å². The number of nitrogens with one attached hydrogen (secondary N) is 2. The van der Waals surface area contributed by atoms with Crippen molar-refractivity contribution in [2.45, 2.75) is 26.4 Å². The Morgan fingerprint density at radius 3 is 3.05 bits per heavy atom. The van der Waals surface area contributed by atoms with Crippen LogP contribution in [0.5, 0.6) is 5.75 Å². The minimum atomic E-state index is -0.0474. The smallest absolute Gasteiger partial charge is 0.238 e. The normalized spacial score (nSPS) is 18.3. The van der Waals surface area contributed by atoms with Gasteiger partial charge in [0.2, 0.25) is 5.91 Å². The average molecular weight is 280 g/mol. The fourth-order valence-electron chi connectivity index (χ4n) is 2.01. The van der Waals surface area contributed by atoms with Gasteiger partial charge in [0.05, 0.1) is 12.6 Å². The molecule has 0 spiro atoms. The van der Waals surface area contributed by atoms with Crippen molar-refractivity contribution in [1.29, 1.82) is 0 Å². The molecule has 0 aliphatic carbocycles. The summed E-state index contributed by atoms with van der Waals surface area (Å²) in [5, 5.41) is 6.12. The Labute approximate surface area is 118 Å². The molecule has 4 nitrogen and oxygen atoms in total. The third-order valence-electron chi connectivity index (χ3n) is 3.04. The number of aryl methyl sites for hydroxylation is 1. The lowest BCUT2D eigenvalue weighted by atomic mass is 10.1. The fraction of sp³-hybridized carbons (Fsp3) is 0.500. The summed E-state index contributed by atoms with van der Waals surface area (Å²) in [7, 11) is 0. The van der Waals surface area contributed by atoms with Crippen molar-refractivity contribution in [2.24, 2.45) is 0 Å². The van der Waals surface area contributed by atoms with Gasteiger partial charge in [-0.05, 0) is 31.0 Å². The molecule has 1 unspecified atom stereocenters. The molecule has 1 heterocycles.